The summed E-state index contributed by atoms with van der Waals surface area (Å²) in [6, 6.07) is 8.12. The molecule has 34 heavy (non-hydrogen) atoms. The summed E-state index contributed by atoms with van der Waals surface area (Å²) in [5, 5.41) is 9.01. The van der Waals surface area contributed by atoms with Crippen molar-refractivity contribution in [3.8, 4) is 0 Å². The molecule has 0 unspecified atom stereocenters. The van der Waals surface area contributed by atoms with Gasteiger partial charge < -0.3 is 10.8 Å². The molecule has 0 saturated heterocycles. The van der Waals surface area contributed by atoms with Crippen molar-refractivity contribution in [1.82, 2.24) is 9.29 Å². The molecule has 0 bridgehead atoms. The maximum absolute atomic E-state index is 12.9. The van der Waals surface area contributed by atoms with E-state index in [0.717, 1.165) is 22.5 Å². The largest absolute Gasteiger partial charge is 0.477 e. The maximum atomic E-state index is 12.9. The lowest BCUT2D eigenvalue weighted by Gasteiger charge is -2.26. The van der Waals surface area contributed by atoms with Gasteiger partial charge in [-0.05, 0) is 42.3 Å². The predicted octanol–water partition coefficient (Wildman–Crippen LogP) is 3.78. The summed E-state index contributed by atoms with van der Waals surface area (Å²) >= 11 is 0. The highest BCUT2D eigenvalue weighted by molar-refractivity contribution is 7.89. The lowest BCUT2D eigenvalue weighted by molar-refractivity contribution is -0.137. The third kappa shape index (κ3) is 7.27. The smallest absolute Gasteiger partial charge is 0.416 e. The summed E-state index contributed by atoms with van der Waals surface area (Å²) < 4.78 is 97.0. The second kappa shape index (κ2) is 10.5. The fourth-order valence-electron chi connectivity index (χ4n) is 2.82. The molecule has 3 N–H and O–H groups in total. The number of rotatable bonds is 4. The van der Waals surface area contributed by atoms with Crippen LogP contribution in [0.4, 0.5) is 26.3 Å². The number of sulfonamides is 1. The van der Waals surface area contributed by atoms with Crippen molar-refractivity contribution < 1.29 is 44.7 Å². The SMILES string of the molecule is NCC(F)(F)F.O=C(O)c1cccc(C2=CCN(S(=O)(=O)c3cccc(C(F)(F)F)c3)CC2)n1. The van der Waals surface area contributed by atoms with E-state index in [0.29, 0.717) is 17.3 Å². The Morgan fingerprint density at radius 3 is 2.21 bits per heavy atom. The number of nitrogens with zero attached hydrogens (tertiary/aromatic N) is 2. The molecule has 0 atom stereocenters. The number of aromatic nitrogens is 1. The molecule has 3 rings (SSSR count). The number of nitrogens with two attached hydrogens (primary N) is 1. The molecule has 0 amide bonds. The van der Waals surface area contributed by atoms with Gasteiger partial charge in [-0.3, -0.25) is 0 Å². The van der Waals surface area contributed by atoms with Gasteiger partial charge in [0.2, 0.25) is 10.0 Å². The van der Waals surface area contributed by atoms with Gasteiger partial charge in [0, 0.05) is 13.1 Å². The Kier molecular flexibility index (Phi) is 8.45. The van der Waals surface area contributed by atoms with E-state index >= 15 is 0 Å². The minimum Gasteiger partial charge on any atom is -0.477 e. The van der Waals surface area contributed by atoms with Gasteiger partial charge in [0.05, 0.1) is 22.7 Å². The molecule has 1 aromatic heterocycles. The van der Waals surface area contributed by atoms with Crippen LogP contribution in [0.2, 0.25) is 0 Å². The van der Waals surface area contributed by atoms with E-state index in [1.807, 2.05) is 0 Å². The van der Waals surface area contributed by atoms with Crippen LogP contribution in [0.3, 0.4) is 0 Å². The van der Waals surface area contributed by atoms with E-state index < -0.39 is 45.3 Å². The first-order valence-corrected chi connectivity index (χ1v) is 10.9. The van der Waals surface area contributed by atoms with E-state index in [9.17, 15) is 39.6 Å². The summed E-state index contributed by atoms with van der Waals surface area (Å²) in [5.74, 6) is -1.17. The maximum Gasteiger partial charge on any atom is 0.416 e. The molecule has 186 valence electrons. The van der Waals surface area contributed by atoms with Crippen LogP contribution >= 0.6 is 0 Å². The first kappa shape index (κ1) is 27.3. The van der Waals surface area contributed by atoms with Gasteiger partial charge in [0.25, 0.3) is 0 Å². The Morgan fingerprint density at radius 1 is 1.09 bits per heavy atom. The van der Waals surface area contributed by atoms with Crippen LogP contribution in [-0.4, -0.2) is 54.6 Å². The van der Waals surface area contributed by atoms with Crippen molar-refractivity contribution in [2.45, 2.75) is 23.7 Å². The van der Waals surface area contributed by atoms with Crippen molar-refractivity contribution >= 4 is 21.6 Å². The van der Waals surface area contributed by atoms with Crippen LogP contribution in [0.15, 0.2) is 53.4 Å². The number of benzene rings is 1. The van der Waals surface area contributed by atoms with Crippen LogP contribution in [0.25, 0.3) is 5.57 Å². The number of hydrogen-bond donors (Lipinski definition) is 2. The number of alkyl halides is 6. The van der Waals surface area contributed by atoms with Crippen LogP contribution < -0.4 is 5.73 Å². The minimum absolute atomic E-state index is 0.0450. The number of pyridine rings is 1. The molecule has 0 radical (unpaired) electrons. The zero-order valence-corrected chi connectivity index (χ0v) is 18.1. The Bertz CT molecular complexity index is 1160. The third-order valence-electron chi connectivity index (χ3n) is 4.50. The van der Waals surface area contributed by atoms with Crippen molar-refractivity contribution in [3.05, 3.63) is 65.5 Å². The lowest BCUT2D eigenvalue weighted by atomic mass is 10.1. The highest BCUT2D eigenvalue weighted by Crippen LogP contribution is 2.32. The number of carboxylic acids is 1. The molecule has 0 saturated carbocycles. The first-order valence-electron chi connectivity index (χ1n) is 9.49. The van der Waals surface area contributed by atoms with Gasteiger partial charge in [0.15, 0.2) is 0 Å². The van der Waals surface area contributed by atoms with Crippen LogP contribution in [0.1, 0.15) is 28.2 Å². The molecular weight excluding hydrogens is 492 g/mol. The minimum atomic E-state index is -4.64. The fraction of sp³-hybridized carbons (Fsp3) is 0.300. The van der Waals surface area contributed by atoms with Gasteiger partial charge in [-0.1, -0.05) is 18.2 Å². The summed E-state index contributed by atoms with van der Waals surface area (Å²) in [5.41, 5.74) is 4.13. The van der Waals surface area contributed by atoms with E-state index in [2.05, 4.69) is 10.7 Å². The van der Waals surface area contributed by atoms with Gasteiger partial charge in [-0.15, -0.1) is 0 Å². The van der Waals surface area contributed by atoms with E-state index in [4.69, 9.17) is 5.11 Å². The van der Waals surface area contributed by atoms with E-state index in [-0.39, 0.29) is 25.2 Å². The second-order valence-electron chi connectivity index (χ2n) is 6.90. The monoisotopic (exact) mass is 511 g/mol. The standard InChI is InChI=1S/C18H15F3N2O4S.C2H4F3N/c19-18(20,21)13-3-1-4-14(11-13)28(26,27)23-9-7-12(8-10-23)15-5-2-6-16(22-15)17(24)25;3-2(4,5)1-6/h1-7,11H,8-10H2,(H,24,25);1,6H2. The predicted molar refractivity (Wildman–Crippen MR) is 109 cm³/mol. The Balaban J connectivity index is 0.000000604. The van der Waals surface area contributed by atoms with Crippen LogP contribution in [0, 0.1) is 0 Å². The Morgan fingerprint density at radius 2 is 1.71 bits per heavy atom. The highest BCUT2D eigenvalue weighted by Gasteiger charge is 2.33. The van der Waals surface area contributed by atoms with E-state index in [1.165, 1.54) is 6.07 Å². The molecule has 0 aliphatic carbocycles. The van der Waals surface area contributed by atoms with Crippen molar-refractivity contribution in [3.63, 3.8) is 0 Å². The Hall–Kier alpha value is -2.97. The highest BCUT2D eigenvalue weighted by atomic mass is 32.2. The van der Waals surface area contributed by atoms with Crippen LogP contribution in [-0.2, 0) is 16.2 Å². The van der Waals surface area contributed by atoms with Crippen LogP contribution in [0.5, 0.6) is 0 Å². The average molecular weight is 511 g/mol. The molecule has 0 spiro atoms. The zero-order valence-electron chi connectivity index (χ0n) is 17.3. The summed E-state index contributed by atoms with van der Waals surface area (Å²) in [6.07, 6.45) is -6.97. The zero-order chi connectivity index (χ0) is 25.7. The number of hydrogen-bond acceptors (Lipinski definition) is 5. The average Bonchev–Trinajstić information content (AvgIpc) is 2.78. The van der Waals surface area contributed by atoms with E-state index in [1.54, 1.807) is 18.2 Å². The number of halogens is 6. The normalized spacial score (nSPS) is 15.2. The quantitative estimate of drug-likeness (QED) is 0.604. The fourth-order valence-corrected chi connectivity index (χ4v) is 4.24. The lowest BCUT2D eigenvalue weighted by Crippen LogP contribution is -2.34. The number of aromatic carboxylic acids is 1. The Labute approximate surface area is 190 Å². The molecule has 1 aliphatic heterocycles. The summed E-state index contributed by atoms with van der Waals surface area (Å²) in [6.45, 7) is -1.23. The first-order chi connectivity index (χ1) is 15.6. The summed E-state index contributed by atoms with van der Waals surface area (Å²) in [7, 11) is -4.10. The van der Waals surface area contributed by atoms with Gasteiger partial charge in [0.1, 0.15) is 5.69 Å². The van der Waals surface area contributed by atoms with Crippen molar-refractivity contribution in [2.75, 3.05) is 19.6 Å². The topological polar surface area (TPSA) is 114 Å². The molecular formula is C20H19F6N3O4S. The molecule has 7 nitrogen and oxygen atoms in total. The molecule has 0 fully saturated rings. The molecule has 2 heterocycles. The number of carboxylic acid groups (broad SMARTS) is 1. The molecule has 1 aromatic carbocycles. The number of carbonyl (C=O) groups is 1. The second-order valence-corrected chi connectivity index (χ2v) is 8.84. The van der Waals surface area contributed by atoms with Crippen molar-refractivity contribution in [2.24, 2.45) is 5.73 Å². The van der Waals surface area contributed by atoms with Gasteiger partial charge in [-0.25, -0.2) is 18.2 Å². The van der Waals surface area contributed by atoms with Gasteiger partial charge >= 0.3 is 18.3 Å². The molecule has 1 aliphatic rings. The van der Waals surface area contributed by atoms with Crippen molar-refractivity contribution in [1.29, 1.82) is 0 Å². The van der Waals surface area contributed by atoms with Gasteiger partial charge in [-0.2, -0.15) is 30.6 Å². The summed E-state index contributed by atoms with van der Waals surface area (Å²) in [4.78, 5) is 14.6. The molecule has 2 aromatic rings. The third-order valence-corrected chi connectivity index (χ3v) is 6.36. The molecule has 14 heteroatoms.